The van der Waals surface area contributed by atoms with Crippen molar-refractivity contribution in [3.8, 4) is 0 Å². The molecule has 0 atom stereocenters. The van der Waals surface area contributed by atoms with Crippen molar-refractivity contribution in [3.05, 3.63) is 92.8 Å². The molecule has 0 fully saturated rings. The van der Waals surface area contributed by atoms with Gasteiger partial charge < -0.3 is 4.57 Å². The number of halogens is 1. The summed E-state index contributed by atoms with van der Waals surface area (Å²) in [4.78, 5) is 12.7. The molecule has 0 saturated heterocycles. The summed E-state index contributed by atoms with van der Waals surface area (Å²) in [5.41, 5.74) is 3.80. The van der Waals surface area contributed by atoms with Crippen LogP contribution in [-0.4, -0.2) is 10.4 Å². The fourth-order valence-electron chi connectivity index (χ4n) is 2.40. The maximum Gasteiger partial charge on any atom is 0.209 e. The molecule has 1 aromatic heterocycles. The Labute approximate surface area is 143 Å². The number of aryl methyl sites for hydroxylation is 1. The predicted molar refractivity (Wildman–Crippen MR) is 97.3 cm³/mol. The highest BCUT2D eigenvalue weighted by atomic mass is 127. The number of hydrogen-bond acceptors (Lipinski definition) is 1. The maximum atomic E-state index is 12.7. The molecule has 0 aliphatic rings. The zero-order valence-electron chi connectivity index (χ0n) is 12.3. The van der Waals surface area contributed by atoms with Gasteiger partial charge in [0.25, 0.3) is 0 Å². The van der Waals surface area contributed by atoms with Crippen molar-refractivity contribution in [1.29, 1.82) is 0 Å². The van der Waals surface area contributed by atoms with E-state index in [0.717, 1.165) is 16.8 Å². The van der Waals surface area contributed by atoms with E-state index >= 15 is 0 Å². The summed E-state index contributed by atoms with van der Waals surface area (Å²) in [6.07, 6.45) is 1.96. The standard InChI is InChI=1S/C19H16INO/c1-14-4-8-16(9-5-14)19(22)18-3-2-12-21(18)13-15-6-10-17(20)11-7-15/h2-12H,13H2,1H3. The molecule has 0 aliphatic carbocycles. The summed E-state index contributed by atoms with van der Waals surface area (Å²) in [6.45, 7) is 2.73. The molecule has 3 heteroatoms. The van der Waals surface area contributed by atoms with Crippen LogP contribution in [0.2, 0.25) is 0 Å². The van der Waals surface area contributed by atoms with Crippen molar-refractivity contribution in [3.63, 3.8) is 0 Å². The SMILES string of the molecule is Cc1ccc(C(=O)c2cccn2Cc2ccc(I)cc2)cc1. The van der Waals surface area contributed by atoms with E-state index < -0.39 is 0 Å². The number of ketones is 1. The van der Waals surface area contributed by atoms with Crippen LogP contribution in [0.1, 0.15) is 27.2 Å². The van der Waals surface area contributed by atoms with Crippen molar-refractivity contribution < 1.29 is 4.79 Å². The van der Waals surface area contributed by atoms with Crippen LogP contribution in [0.15, 0.2) is 66.9 Å². The first-order valence-corrected chi connectivity index (χ1v) is 8.22. The molecular weight excluding hydrogens is 385 g/mol. The van der Waals surface area contributed by atoms with Crippen molar-refractivity contribution in [2.75, 3.05) is 0 Å². The van der Waals surface area contributed by atoms with Gasteiger partial charge in [0, 0.05) is 21.9 Å². The average molecular weight is 401 g/mol. The Morgan fingerprint density at radius 3 is 2.36 bits per heavy atom. The number of carbonyl (C=O) groups excluding carboxylic acids is 1. The largest absolute Gasteiger partial charge is 0.340 e. The Hall–Kier alpha value is -1.88. The molecule has 2 nitrogen and oxygen atoms in total. The van der Waals surface area contributed by atoms with Crippen LogP contribution in [0, 0.1) is 10.5 Å². The van der Waals surface area contributed by atoms with Crippen LogP contribution < -0.4 is 0 Å². The van der Waals surface area contributed by atoms with E-state index in [9.17, 15) is 4.79 Å². The maximum absolute atomic E-state index is 12.7. The molecule has 0 aliphatic heterocycles. The second-order valence-electron chi connectivity index (χ2n) is 5.34. The first-order valence-electron chi connectivity index (χ1n) is 7.14. The lowest BCUT2D eigenvalue weighted by molar-refractivity contribution is 0.103. The summed E-state index contributed by atoms with van der Waals surface area (Å²) in [6, 6.07) is 19.9. The van der Waals surface area contributed by atoms with Gasteiger partial charge in [0.05, 0.1) is 5.69 Å². The molecule has 2 aromatic carbocycles. The number of carbonyl (C=O) groups is 1. The van der Waals surface area contributed by atoms with Gasteiger partial charge in [0.2, 0.25) is 5.78 Å². The highest BCUT2D eigenvalue weighted by molar-refractivity contribution is 14.1. The highest BCUT2D eigenvalue weighted by Gasteiger charge is 2.13. The van der Waals surface area contributed by atoms with Crippen molar-refractivity contribution in [1.82, 2.24) is 4.57 Å². The number of hydrogen-bond donors (Lipinski definition) is 0. The fourth-order valence-corrected chi connectivity index (χ4v) is 2.76. The lowest BCUT2D eigenvalue weighted by atomic mass is 10.1. The molecule has 0 bridgehead atoms. The number of nitrogens with zero attached hydrogens (tertiary/aromatic N) is 1. The Bertz CT molecular complexity index is 785. The summed E-state index contributed by atoms with van der Waals surface area (Å²) < 4.78 is 3.22. The van der Waals surface area contributed by atoms with E-state index in [1.165, 1.54) is 9.13 Å². The second kappa shape index (κ2) is 6.48. The molecular formula is C19H16INO. The Balaban J connectivity index is 1.86. The summed E-state index contributed by atoms with van der Waals surface area (Å²) >= 11 is 2.29. The molecule has 0 unspecified atom stereocenters. The van der Waals surface area contributed by atoms with Crippen LogP contribution in [0.4, 0.5) is 0 Å². The number of benzene rings is 2. The zero-order chi connectivity index (χ0) is 15.5. The third kappa shape index (κ3) is 3.30. The summed E-state index contributed by atoms with van der Waals surface area (Å²) in [7, 11) is 0. The summed E-state index contributed by atoms with van der Waals surface area (Å²) in [5.74, 6) is 0.0653. The predicted octanol–water partition coefficient (Wildman–Crippen LogP) is 4.68. The van der Waals surface area contributed by atoms with Crippen LogP contribution in [0.5, 0.6) is 0 Å². The van der Waals surface area contributed by atoms with E-state index in [1.807, 2.05) is 54.1 Å². The third-order valence-corrected chi connectivity index (χ3v) is 4.36. The van der Waals surface area contributed by atoms with E-state index in [0.29, 0.717) is 6.54 Å². The number of aromatic nitrogens is 1. The van der Waals surface area contributed by atoms with Gasteiger partial charge in [-0.25, -0.2) is 0 Å². The van der Waals surface area contributed by atoms with Gasteiger partial charge in [-0.2, -0.15) is 0 Å². The topological polar surface area (TPSA) is 22.0 Å². The zero-order valence-corrected chi connectivity index (χ0v) is 14.4. The molecule has 0 saturated carbocycles. The lowest BCUT2D eigenvalue weighted by Gasteiger charge is -2.09. The normalized spacial score (nSPS) is 10.6. The van der Waals surface area contributed by atoms with Crippen LogP contribution >= 0.6 is 22.6 Å². The summed E-state index contributed by atoms with van der Waals surface area (Å²) in [5, 5.41) is 0. The van der Waals surface area contributed by atoms with Gasteiger partial charge in [0.15, 0.2) is 0 Å². The average Bonchev–Trinajstić information content (AvgIpc) is 2.98. The minimum Gasteiger partial charge on any atom is -0.340 e. The van der Waals surface area contributed by atoms with Gasteiger partial charge in [-0.1, -0.05) is 42.0 Å². The molecule has 3 aromatic rings. The smallest absolute Gasteiger partial charge is 0.209 e. The Morgan fingerprint density at radius 2 is 1.68 bits per heavy atom. The lowest BCUT2D eigenvalue weighted by Crippen LogP contribution is -2.10. The Kier molecular flexibility index (Phi) is 4.43. The molecule has 3 rings (SSSR count). The monoisotopic (exact) mass is 401 g/mol. The number of rotatable bonds is 4. The molecule has 0 spiro atoms. The van der Waals surface area contributed by atoms with Gasteiger partial charge in [-0.05, 0) is 59.3 Å². The molecule has 110 valence electrons. The Morgan fingerprint density at radius 1 is 1.00 bits per heavy atom. The highest BCUT2D eigenvalue weighted by Crippen LogP contribution is 2.15. The van der Waals surface area contributed by atoms with Crippen molar-refractivity contribution >= 4 is 28.4 Å². The molecule has 0 amide bonds. The molecule has 0 radical (unpaired) electrons. The molecule has 0 N–H and O–H groups in total. The van der Waals surface area contributed by atoms with Gasteiger partial charge >= 0.3 is 0 Å². The van der Waals surface area contributed by atoms with E-state index in [4.69, 9.17) is 0 Å². The van der Waals surface area contributed by atoms with Crippen LogP contribution in [-0.2, 0) is 6.54 Å². The second-order valence-corrected chi connectivity index (χ2v) is 6.59. The minimum absolute atomic E-state index is 0.0653. The van der Waals surface area contributed by atoms with Gasteiger partial charge in [-0.15, -0.1) is 0 Å². The van der Waals surface area contributed by atoms with Crippen molar-refractivity contribution in [2.24, 2.45) is 0 Å². The van der Waals surface area contributed by atoms with Crippen LogP contribution in [0.3, 0.4) is 0 Å². The van der Waals surface area contributed by atoms with E-state index in [1.54, 1.807) is 0 Å². The minimum atomic E-state index is 0.0653. The van der Waals surface area contributed by atoms with Crippen molar-refractivity contribution in [2.45, 2.75) is 13.5 Å². The van der Waals surface area contributed by atoms with Crippen LogP contribution in [0.25, 0.3) is 0 Å². The van der Waals surface area contributed by atoms with Gasteiger partial charge in [-0.3, -0.25) is 4.79 Å². The fraction of sp³-hybridized carbons (Fsp3) is 0.105. The van der Waals surface area contributed by atoms with E-state index in [-0.39, 0.29) is 5.78 Å². The quantitative estimate of drug-likeness (QED) is 0.460. The van der Waals surface area contributed by atoms with Gasteiger partial charge in [0.1, 0.15) is 0 Å². The molecule has 1 heterocycles. The third-order valence-electron chi connectivity index (χ3n) is 3.64. The first-order chi connectivity index (χ1) is 10.6. The molecule has 22 heavy (non-hydrogen) atoms. The van der Waals surface area contributed by atoms with E-state index in [2.05, 4.69) is 46.9 Å². The first kappa shape index (κ1) is 15.0.